The topological polar surface area (TPSA) is 67.5 Å². The van der Waals surface area contributed by atoms with E-state index in [1.807, 2.05) is 48.5 Å². The quantitative estimate of drug-likeness (QED) is 0.732. The van der Waals surface area contributed by atoms with Crippen LogP contribution in [0.3, 0.4) is 0 Å². The van der Waals surface area contributed by atoms with Gasteiger partial charge in [-0.25, -0.2) is 0 Å². The van der Waals surface area contributed by atoms with E-state index >= 15 is 0 Å². The maximum absolute atomic E-state index is 9.98. The van der Waals surface area contributed by atoms with Gasteiger partial charge in [0.2, 0.25) is 0 Å². The number of methoxy groups -OCH3 is 1. The standard InChI is InChI=1S/C17H22N2O2/c1-21-17-8-3-2-5-14(17)12-19-15-7-4-6-13(11-15)16(20)9-10-18/h2-8,11,16,19-20H,9-10,12,18H2,1H3. The van der Waals surface area contributed by atoms with Crippen LogP contribution in [0.25, 0.3) is 0 Å². The van der Waals surface area contributed by atoms with Crippen LogP contribution in [0.2, 0.25) is 0 Å². The van der Waals surface area contributed by atoms with Crippen LogP contribution in [0, 0.1) is 0 Å². The van der Waals surface area contributed by atoms with Gasteiger partial charge in [-0.1, -0.05) is 30.3 Å². The van der Waals surface area contributed by atoms with Gasteiger partial charge in [-0.2, -0.15) is 0 Å². The molecule has 21 heavy (non-hydrogen) atoms. The highest BCUT2D eigenvalue weighted by atomic mass is 16.5. The molecule has 0 heterocycles. The molecule has 1 atom stereocenters. The van der Waals surface area contributed by atoms with E-state index in [2.05, 4.69) is 5.32 Å². The zero-order chi connectivity index (χ0) is 15.1. The van der Waals surface area contributed by atoms with Crippen LogP contribution in [-0.2, 0) is 6.54 Å². The van der Waals surface area contributed by atoms with E-state index in [0.717, 1.165) is 22.6 Å². The molecular weight excluding hydrogens is 264 g/mol. The molecule has 0 saturated heterocycles. The molecule has 0 amide bonds. The van der Waals surface area contributed by atoms with Gasteiger partial charge >= 0.3 is 0 Å². The number of benzene rings is 2. The van der Waals surface area contributed by atoms with Gasteiger partial charge in [0, 0.05) is 17.8 Å². The summed E-state index contributed by atoms with van der Waals surface area (Å²) in [4.78, 5) is 0. The zero-order valence-corrected chi connectivity index (χ0v) is 12.3. The van der Waals surface area contributed by atoms with Crippen molar-refractivity contribution in [3.8, 4) is 5.75 Å². The highest BCUT2D eigenvalue weighted by Crippen LogP contribution is 2.22. The number of nitrogens with one attached hydrogen (secondary N) is 1. The van der Waals surface area contributed by atoms with Gasteiger partial charge in [0.1, 0.15) is 5.75 Å². The number of para-hydroxylation sites is 1. The van der Waals surface area contributed by atoms with Crippen molar-refractivity contribution in [2.45, 2.75) is 19.1 Å². The first-order chi connectivity index (χ1) is 10.2. The minimum Gasteiger partial charge on any atom is -0.496 e. The van der Waals surface area contributed by atoms with Crippen LogP contribution >= 0.6 is 0 Å². The van der Waals surface area contributed by atoms with Crippen molar-refractivity contribution in [3.05, 3.63) is 59.7 Å². The van der Waals surface area contributed by atoms with Crippen LogP contribution in [-0.4, -0.2) is 18.8 Å². The number of hydrogen-bond acceptors (Lipinski definition) is 4. The highest BCUT2D eigenvalue weighted by molar-refractivity contribution is 5.48. The van der Waals surface area contributed by atoms with Crippen LogP contribution in [0.1, 0.15) is 23.7 Å². The molecule has 0 saturated carbocycles. The molecule has 0 aliphatic carbocycles. The summed E-state index contributed by atoms with van der Waals surface area (Å²) in [6.45, 7) is 1.14. The Morgan fingerprint density at radius 2 is 2.00 bits per heavy atom. The second-order valence-electron chi connectivity index (χ2n) is 4.88. The molecule has 4 heteroatoms. The predicted molar refractivity (Wildman–Crippen MR) is 85.4 cm³/mol. The van der Waals surface area contributed by atoms with Crippen molar-refractivity contribution in [1.82, 2.24) is 0 Å². The lowest BCUT2D eigenvalue weighted by atomic mass is 10.1. The van der Waals surface area contributed by atoms with E-state index < -0.39 is 6.10 Å². The van der Waals surface area contributed by atoms with Crippen molar-refractivity contribution >= 4 is 5.69 Å². The molecular formula is C17H22N2O2. The first kappa shape index (κ1) is 15.4. The van der Waals surface area contributed by atoms with Crippen molar-refractivity contribution in [1.29, 1.82) is 0 Å². The SMILES string of the molecule is COc1ccccc1CNc1cccc(C(O)CCN)c1. The van der Waals surface area contributed by atoms with E-state index in [-0.39, 0.29) is 0 Å². The molecule has 0 aliphatic heterocycles. The summed E-state index contributed by atoms with van der Waals surface area (Å²) in [6.07, 6.45) is 0.0543. The summed E-state index contributed by atoms with van der Waals surface area (Å²) in [5.74, 6) is 0.865. The summed E-state index contributed by atoms with van der Waals surface area (Å²) >= 11 is 0. The third kappa shape index (κ3) is 4.21. The summed E-state index contributed by atoms with van der Waals surface area (Å²) < 4.78 is 5.33. The van der Waals surface area contributed by atoms with Crippen LogP contribution in [0.5, 0.6) is 5.75 Å². The lowest BCUT2D eigenvalue weighted by Gasteiger charge is -2.13. The van der Waals surface area contributed by atoms with E-state index in [0.29, 0.717) is 19.5 Å². The Kier molecular flexibility index (Phi) is 5.60. The number of hydrogen-bond donors (Lipinski definition) is 3. The van der Waals surface area contributed by atoms with Gasteiger partial charge in [0.05, 0.1) is 13.2 Å². The minimum absolute atomic E-state index is 0.472. The van der Waals surface area contributed by atoms with Crippen molar-refractivity contribution in [2.24, 2.45) is 5.73 Å². The van der Waals surface area contributed by atoms with Gasteiger partial charge in [-0.15, -0.1) is 0 Å². The molecule has 4 N–H and O–H groups in total. The molecule has 0 fully saturated rings. The number of nitrogens with two attached hydrogens (primary N) is 1. The van der Waals surface area contributed by atoms with Crippen molar-refractivity contribution < 1.29 is 9.84 Å². The number of ether oxygens (including phenoxy) is 1. The summed E-state index contributed by atoms with van der Waals surface area (Å²) in [7, 11) is 1.67. The Morgan fingerprint density at radius 3 is 2.76 bits per heavy atom. The largest absolute Gasteiger partial charge is 0.496 e. The fourth-order valence-electron chi connectivity index (χ4n) is 2.23. The fraction of sp³-hybridized carbons (Fsp3) is 0.294. The van der Waals surface area contributed by atoms with E-state index in [1.54, 1.807) is 7.11 Å². The first-order valence-corrected chi connectivity index (χ1v) is 7.08. The second kappa shape index (κ2) is 7.67. The molecule has 0 bridgehead atoms. The molecule has 4 nitrogen and oxygen atoms in total. The molecule has 1 unspecified atom stereocenters. The Labute approximate surface area is 125 Å². The Morgan fingerprint density at radius 1 is 1.19 bits per heavy atom. The zero-order valence-electron chi connectivity index (χ0n) is 12.3. The summed E-state index contributed by atoms with van der Waals surface area (Å²) in [6, 6.07) is 15.7. The smallest absolute Gasteiger partial charge is 0.123 e. The fourth-order valence-corrected chi connectivity index (χ4v) is 2.23. The van der Waals surface area contributed by atoms with Gasteiger partial charge < -0.3 is 20.9 Å². The summed E-state index contributed by atoms with van der Waals surface area (Å²) in [5, 5.41) is 13.3. The Balaban J connectivity index is 2.05. The number of rotatable bonds is 7. The van der Waals surface area contributed by atoms with Gasteiger partial charge in [0.25, 0.3) is 0 Å². The monoisotopic (exact) mass is 286 g/mol. The molecule has 0 spiro atoms. The van der Waals surface area contributed by atoms with E-state index in [1.165, 1.54) is 0 Å². The number of anilines is 1. The minimum atomic E-state index is -0.511. The summed E-state index contributed by atoms with van der Waals surface area (Å²) in [5.41, 5.74) is 8.42. The molecule has 0 aromatic heterocycles. The molecule has 2 rings (SSSR count). The number of aliphatic hydroxyl groups is 1. The van der Waals surface area contributed by atoms with Crippen molar-refractivity contribution in [3.63, 3.8) is 0 Å². The van der Waals surface area contributed by atoms with E-state index in [9.17, 15) is 5.11 Å². The third-order valence-corrected chi connectivity index (χ3v) is 3.39. The normalized spacial score (nSPS) is 12.0. The van der Waals surface area contributed by atoms with Crippen LogP contribution in [0.4, 0.5) is 5.69 Å². The Hall–Kier alpha value is -2.04. The lowest BCUT2D eigenvalue weighted by molar-refractivity contribution is 0.170. The maximum atomic E-state index is 9.98. The average molecular weight is 286 g/mol. The number of aliphatic hydroxyl groups excluding tert-OH is 1. The lowest BCUT2D eigenvalue weighted by Crippen LogP contribution is -2.07. The van der Waals surface area contributed by atoms with Gasteiger partial charge in [-0.3, -0.25) is 0 Å². The van der Waals surface area contributed by atoms with Crippen molar-refractivity contribution in [2.75, 3.05) is 19.0 Å². The van der Waals surface area contributed by atoms with Crippen LogP contribution in [0.15, 0.2) is 48.5 Å². The highest BCUT2D eigenvalue weighted by Gasteiger charge is 2.07. The first-order valence-electron chi connectivity index (χ1n) is 7.08. The second-order valence-corrected chi connectivity index (χ2v) is 4.88. The molecule has 2 aromatic carbocycles. The van der Waals surface area contributed by atoms with Crippen LogP contribution < -0.4 is 15.8 Å². The molecule has 0 aliphatic rings. The average Bonchev–Trinajstić information content (AvgIpc) is 2.53. The Bertz CT molecular complexity index is 572. The van der Waals surface area contributed by atoms with Gasteiger partial charge in [0.15, 0.2) is 0 Å². The predicted octanol–water partition coefficient (Wildman–Crippen LogP) is 2.69. The third-order valence-electron chi connectivity index (χ3n) is 3.39. The maximum Gasteiger partial charge on any atom is 0.123 e. The molecule has 112 valence electrons. The van der Waals surface area contributed by atoms with E-state index in [4.69, 9.17) is 10.5 Å². The molecule has 0 radical (unpaired) electrons. The van der Waals surface area contributed by atoms with Gasteiger partial charge in [-0.05, 0) is 36.7 Å². The molecule has 2 aromatic rings.